The summed E-state index contributed by atoms with van der Waals surface area (Å²) in [5.41, 5.74) is 0.825. The van der Waals surface area contributed by atoms with Crippen LogP contribution in [0.15, 0.2) is 53.8 Å². The maximum absolute atomic E-state index is 12.4. The summed E-state index contributed by atoms with van der Waals surface area (Å²) in [5, 5.41) is 11.5. The number of rotatable bonds is 10. The van der Waals surface area contributed by atoms with E-state index in [0.717, 1.165) is 58.0 Å². The molecule has 3 heterocycles. The van der Waals surface area contributed by atoms with E-state index >= 15 is 0 Å². The Morgan fingerprint density at radius 2 is 1.92 bits per heavy atom. The van der Waals surface area contributed by atoms with Crippen LogP contribution in [-0.2, 0) is 11.3 Å². The summed E-state index contributed by atoms with van der Waals surface area (Å²) in [6, 6.07) is 13.9. The molecule has 0 saturated carbocycles. The van der Waals surface area contributed by atoms with E-state index in [2.05, 4.69) is 28.3 Å². The molecule has 0 radical (unpaired) electrons. The van der Waals surface area contributed by atoms with Gasteiger partial charge in [0.15, 0.2) is 17.4 Å². The Labute approximate surface area is 215 Å². The van der Waals surface area contributed by atoms with Gasteiger partial charge in [-0.3, -0.25) is 4.79 Å². The van der Waals surface area contributed by atoms with Gasteiger partial charge in [0.1, 0.15) is 11.6 Å². The molecule has 1 fully saturated rings. The highest BCUT2D eigenvalue weighted by molar-refractivity contribution is 7.99. The molecule has 0 atom stereocenters. The van der Waals surface area contributed by atoms with E-state index in [4.69, 9.17) is 14.7 Å². The van der Waals surface area contributed by atoms with Gasteiger partial charge >= 0.3 is 0 Å². The van der Waals surface area contributed by atoms with Gasteiger partial charge < -0.3 is 15.0 Å². The minimum absolute atomic E-state index is 0.0305. The van der Waals surface area contributed by atoms with Crippen LogP contribution in [-0.4, -0.2) is 57.6 Å². The molecule has 5 rings (SSSR count). The number of anilines is 1. The van der Waals surface area contributed by atoms with Crippen LogP contribution in [0, 0.1) is 0 Å². The van der Waals surface area contributed by atoms with E-state index in [9.17, 15) is 4.79 Å². The lowest BCUT2D eigenvalue weighted by atomic mass is 10.1. The van der Waals surface area contributed by atoms with Crippen LogP contribution in [0.4, 0.5) is 5.82 Å². The maximum Gasteiger partial charge on any atom is 0.258 e. The molecule has 188 valence electrons. The van der Waals surface area contributed by atoms with Crippen LogP contribution in [0.5, 0.6) is 5.75 Å². The molecule has 0 spiro atoms. The largest absolute Gasteiger partial charge is 0.484 e. The van der Waals surface area contributed by atoms with Gasteiger partial charge in [-0.05, 0) is 48.6 Å². The Bertz CT molecular complexity index is 1330. The first kappa shape index (κ1) is 24.4. The van der Waals surface area contributed by atoms with Gasteiger partial charge in [-0.1, -0.05) is 49.0 Å². The molecule has 0 aliphatic carbocycles. The number of nitrogens with zero attached hydrogens (tertiary/aromatic N) is 5. The van der Waals surface area contributed by atoms with Crippen molar-refractivity contribution >= 4 is 45.3 Å². The predicted octanol–water partition coefficient (Wildman–Crippen LogP) is 4.67. The Morgan fingerprint density at radius 1 is 1.08 bits per heavy atom. The van der Waals surface area contributed by atoms with Crippen molar-refractivity contribution in [2.24, 2.45) is 0 Å². The average molecular weight is 505 g/mol. The molecule has 1 aliphatic heterocycles. The third-order valence-corrected chi connectivity index (χ3v) is 7.34. The average Bonchev–Trinajstić information content (AvgIpc) is 3.33. The first-order valence-electron chi connectivity index (χ1n) is 12.7. The number of aromatic nitrogens is 4. The molecule has 4 aromatic rings. The monoisotopic (exact) mass is 504 g/mol. The minimum atomic E-state index is -0.164. The molecular weight excluding hydrogens is 472 g/mol. The Hall–Kier alpha value is -3.33. The number of piperidine rings is 1. The van der Waals surface area contributed by atoms with Gasteiger partial charge in [-0.25, -0.2) is 14.6 Å². The van der Waals surface area contributed by atoms with Crippen molar-refractivity contribution in [2.45, 2.75) is 44.3 Å². The SMILES string of the molecule is CCCSc1nc(N2CCCCC2)c2cnn(CCNC(=O)COc3ccc4ccccc4c3)c2n1. The zero-order valence-corrected chi connectivity index (χ0v) is 21.5. The van der Waals surface area contributed by atoms with Crippen molar-refractivity contribution < 1.29 is 9.53 Å². The topological polar surface area (TPSA) is 85.2 Å². The van der Waals surface area contributed by atoms with Crippen LogP contribution in [0.1, 0.15) is 32.6 Å². The van der Waals surface area contributed by atoms with Crippen molar-refractivity contribution in [3.05, 3.63) is 48.7 Å². The van der Waals surface area contributed by atoms with Crippen LogP contribution in [0.25, 0.3) is 21.8 Å². The number of hydrogen-bond donors (Lipinski definition) is 1. The Balaban J connectivity index is 1.21. The van der Waals surface area contributed by atoms with Crippen LogP contribution in [0.2, 0.25) is 0 Å². The lowest BCUT2D eigenvalue weighted by Gasteiger charge is -2.28. The summed E-state index contributed by atoms with van der Waals surface area (Å²) in [5.74, 6) is 2.48. The summed E-state index contributed by atoms with van der Waals surface area (Å²) in [6.45, 7) is 5.13. The number of carbonyl (C=O) groups excluding carboxylic acids is 1. The summed E-state index contributed by atoms with van der Waals surface area (Å²) < 4.78 is 7.57. The fourth-order valence-electron chi connectivity index (χ4n) is 4.45. The third-order valence-electron chi connectivity index (χ3n) is 6.28. The van der Waals surface area contributed by atoms with Gasteiger partial charge in [0.25, 0.3) is 5.91 Å². The smallest absolute Gasteiger partial charge is 0.258 e. The molecule has 1 amide bonds. The fourth-order valence-corrected chi connectivity index (χ4v) is 5.14. The number of nitrogens with one attached hydrogen (secondary N) is 1. The lowest BCUT2D eigenvalue weighted by molar-refractivity contribution is -0.123. The highest BCUT2D eigenvalue weighted by Gasteiger charge is 2.20. The lowest BCUT2D eigenvalue weighted by Crippen LogP contribution is -2.32. The summed E-state index contributed by atoms with van der Waals surface area (Å²) >= 11 is 1.68. The van der Waals surface area contributed by atoms with E-state index in [0.29, 0.717) is 18.8 Å². The molecular formula is C27H32N6O2S. The van der Waals surface area contributed by atoms with Gasteiger partial charge in [0.05, 0.1) is 18.1 Å². The molecule has 9 heteroatoms. The number of hydrogen-bond acceptors (Lipinski definition) is 7. The Morgan fingerprint density at radius 3 is 2.75 bits per heavy atom. The van der Waals surface area contributed by atoms with Crippen molar-refractivity contribution in [3.8, 4) is 5.75 Å². The highest BCUT2D eigenvalue weighted by Crippen LogP contribution is 2.29. The molecule has 8 nitrogen and oxygen atoms in total. The standard InChI is InChI=1S/C27H32N6O2S/c1-2-16-36-27-30-25(32-13-6-3-7-14-32)23-18-29-33(26(23)31-27)15-12-28-24(34)19-35-22-11-10-20-8-4-5-9-21(20)17-22/h4-5,8-11,17-18H,2-3,6-7,12-16,19H2,1H3,(H,28,34). The molecule has 1 aliphatic rings. The van der Waals surface area contributed by atoms with Crippen LogP contribution >= 0.6 is 11.8 Å². The number of ether oxygens (including phenoxy) is 1. The highest BCUT2D eigenvalue weighted by atomic mass is 32.2. The van der Waals surface area contributed by atoms with Crippen molar-refractivity contribution in [3.63, 3.8) is 0 Å². The third kappa shape index (κ3) is 5.73. The molecule has 1 N–H and O–H groups in total. The first-order chi connectivity index (χ1) is 17.7. The zero-order valence-electron chi connectivity index (χ0n) is 20.7. The maximum atomic E-state index is 12.4. The number of carbonyl (C=O) groups is 1. The number of benzene rings is 2. The van der Waals surface area contributed by atoms with Crippen molar-refractivity contribution in [1.82, 2.24) is 25.1 Å². The van der Waals surface area contributed by atoms with E-state index in [1.54, 1.807) is 11.8 Å². The van der Waals surface area contributed by atoms with Crippen LogP contribution < -0.4 is 15.0 Å². The molecule has 36 heavy (non-hydrogen) atoms. The molecule has 0 unspecified atom stereocenters. The van der Waals surface area contributed by atoms with Crippen molar-refractivity contribution in [1.29, 1.82) is 0 Å². The number of thioether (sulfide) groups is 1. The van der Waals surface area contributed by atoms with E-state index in [1.165, 1.54) is 19.3 Å². The van der Waals surface area contributed by atoms with Gasteiger partial charge in [-0.15, -0.1) is 0 Å². The summed E-state index contributed by atoms with van der Waals surface area (Å²) in [4.78, 5) is 24.5. The van der Waals surface area contributed by atoms with Crippen molar-refractivity contribution in [2.75, 3.05) is 36.9 Å². The molecule has 2 aromatic carbocycles. The van der Waals surface area contributed by atoms with Gasteiger partial charge in [-0.2, -0.15) is 5.10 Å². The quantitative estimate of drug-likeness (QED) is 0.248. The first-order valence-corrected chi connectivity index (χ1v) is 13.7. The van der Waals surface area contributed by atoms with E-state index < -0.39 is 0 Å². The zero-order chi connectivity index (χ0) is 24.7. The normalized spacial score (nSPS) is 13.9. The molecule has 0 bridgehead atoms. The number of amides is 1. The second kappa shape index (κ2) is 11.6. The number of fused-ring (bicyclic) bond motifs is 2. The predicted molar refractivity (Wildman–Crippen MR) is 145 cm³/mol. The summed E-state index contributed by atoms with van der Waals surface area (Å²) in [7, 11) is 0. The Kier molecular flexibility index (Phi) is 7.85. The van der Waals surface area contributed by atoms with E-state index in [1.807, 2.05) is 47.3 Å². The van der Waals surface area contributed by atoms with E-state index in [-0.39, 0.29) is 12.5 Å². The van der Waals surface area contributed by atoms with Crippen LogP contribution in [0.3, 0.4) is 0 Å². The second-order valence-electron chi connectivity index (χ2n) is 8.98. The molecule has 1 saturated heterocycles. The molecule has 2 aromatic heterocycles. The summed E-state index contributed by atoms with van der Waals surface area (Å²) in [6.07, 6.45) is 6.57. The second-order valence-corrected chi connectivity index (χ2v) is 10.0. The van der Waals surface area contributed by atoms with Gasteiger partial charge in [0.2, 0.25) is 0 Å². The van der Waals surface area contributed by atoms with Gasteiger partial charge in [0, 0.05) is 25.4 Å². The fraction of sp³-hybridized carbons (Fsp3) is 0.407. The minimum Gasteiger partial charge on any atom is -0.484 e.